The topological polar surface area (TPSA) is 88.4 Å². The van der Waals surface area contributed by atoms with E-state index in [1.165, 1.54) is 11.8 Å². The number of carbonyl (C=O) groups is 1. The molecule has 2 heterocycles. The minimum atomic E-state index is -0.803. The lowest BCUT2D eigenvalue weighted by Gasteiger charge is -2.35. The Morgan fingerprint density at radius 1 is 1.14 bits per heavy atom. The molecule has 0 spiro atoms. The van der Waals surface area contributed by atoms with Gasteiger partial charge in [0, 0.05) is 45.5 Å². The Balaban J connectivity index is 1.77. The standard InChI is InChI=1S/C26H36BN7O/c1-25(2,3)18-34(23-21(27)16-29-22(15-28)30-23)31-24(35)26(4,5)20-9-7-19(8-10-20)17-33-13-11-32(6)12-14-33/h7-10,16H,11-14,17-18H2,1-6H3,(H,31,35). The number of hydrogen-bond acceptors (Lipinski definition) is 7. The van der Waals surface area contributed by atoms with E-state index in [1.54, 1.807) is 5.01 Å². The summed E-state index contributed by atoms with van der Waals surface area (Å²) in [5.74, 6) is 0.126. The lowest BCUT2D eigenvalue weighted by molar-refractivity contribution is -0.125. The van der Waals surface area contributed by atoms with Crippen molar-refractivity contribution in [1.29, 1.82) is 5.26 Å². The largest absolute Gasteiger partial charge is 0.304 e. The second-order valence-electron chi connectivity index (χ2n) is 11.1. The average Bonchev–Trinajstić information content (AvgIpc) is 2.80. The molecule has 0 bridgehead atoms. The van der Waals surface area contributed by atoms with Crippen LogP contribution in [0.2, 0.25) is 0 Å². The van der Waals surface area contributed by atoms with Gasteiger partial charge in [0.1, 0.15) is 19.7 Å². The van der Waals surface area contributed by atoms with Gasteiger partial charge in [-0.3, -0.25) is 20.1 Å². The van der Waals surface area contributed by atoms with Crippen LogP contribution in [0, 0.1) is 16.7 Å². The van der Waals surface area contributed by atoms with Crippen LogP contribution < -0.4 is 15.9 Å². The third kappa shape index (κ3) is 7.03. The van der Waals surface area contributed by atoms with Crippen LogP contribution in [0.3, 0.4) is 0 Å². The first-order valence-electron chi connectivity index (χ1n) is 12.0. The lowest BCUT2D eigenvalue weighted by Crippen LogP contribution is -2.53. The van der Waals surface area contributed by atoms with Gasteiger partial charge in [0.05, 0.1) is 5.41 Å². The monoisotopic (exact) mass is 473 g/mol. The molecule has 0 aliphatic carbocycles. The van der Waals surface area contributed by atoms with Gasteiger partial charge >= 0.3 is 0 Å². The van der Waals surface area contributed by atoms with E-state index in [2.05, 4.69) is 65.1 Å². The number of likely N-dealkylation sites (N-methyl/N-ethyl adjacent to an activating group) is 1. The Hall–Kier alpha value is -2.96. The summed E-state index contributed by atoms with van der Waals surface area (Å²) in [6.45, 7) is 15.6. The highest BCUT2D eigenvalue weighted by atomic mass is 16.2. The second-order valence-corrected chi connectivity index (χ2v) is 11.1. The van der Waals surface area contributed by atoms with Crippen molar-refractivity contribution in [3.63, 3.8) is 0 Å². The van der Waals surface area contributed by atoms with E-state index in [0.29, 0.717) is 17.8 Å². The van der Waals surface area contributed by atoms with E-state index in [-0.39, 0.29) is 17.1 Å². The number of nitrogens with zero attached hydrogens (tertiary/aromatic N) is 6. The van der Waals surface area contributed by atoms with E-state index in [1.807, 2.05) is 32.0 Å². The summed E-state index contributed by atoms with van der Waals surface area (Å²) in [6, 6.07) is 10.2. The van der Waals surface area contributed by atoms with E-state index < -0.39 is 5.41 Å². The molecule has 35 heavy (non-hydrogen) atoms. The number of anilines is 1. The molecule has 184 valence electrons. The van der Waals surface area contributed by atoms with Crippen molar-refractivity contribution in [2.45, 2.75) is 46.6 Å². The van der Waals surface area contributed by atoms with Crippen molar-refractivity contribution in [2.75, 3.05) is 44.8 Å². The highest BCUT2D eigenvalue weighted by Crippen LogP contribution is 2.26. The smallest absolute Gasteiger partial charge is 0.248 e. The molecule has 8 nitrogen and oxygen atoms in total. The highest BCUT2D eigenvalue weighted by Gasteiger charge is 2.33. The van der Waals surface area contributed by atoms with E-state index in [0.717, 1.165) is 38.3 Å². The maximum atomic E-state index is 13.5. The van der Waals surface area contributed by atoms with E-state index in [9.17, 15) is 10.1 Å². The summed E-state index contributed by atoms with van der Waals surface area (Å²) in [6.07, 6.45) is 1.40. The summed E-state index contributed by atoms with van der Waals surface area (Å²) >= 11 is 0. The van der Waals surface area contributed by atoms with Crippen molar-refractivity contribution in [2.24, 2.45) is 5.41 Å². The van der Waals surface area contributed by atoms with Gasteiger partial charge in [-0.1, -0.05) is 45.0 Å². The van der Waals surface area contributed by atoms with Crippen molar-refractivity contribution in [1.82, 2.24) is 25.2 Å². The number of amides is 1. The van der Waals surface area contributed by atoms with Crippen LogP contribution in [0.4, 0.5) is 5.82 Å². The zero-order valence-corrected chi connectivity index (χ0v) is 21.8. The van der Waals surface area contributed by atoms with Gasteiger partial charge in [-0.25, -0.2) is 9.97 Å². The van der Waals surface area contributed by atoms with Gasteiger partial charge in [-0.05, 0) is 42.9 Å². The summed E-state index contributed by atoms with van der Waals surface area (Å²) in [5, 5.41) is 10.9. The highest BCUT2D eigenvalue weighted by molar-refractivity contribution is 6.35. The van der Waals surface area contributed by atoms with E-state index in [4.69, 9.17) is 7.85 Å². The van der Waals surface area contributed by atoms with Crippen molar-refractivity contribution in [3.8, 4) is 6.07 Å². The van der Waals surface area contributed by atoms with Crippen molar-refractivity contribution < 1.29 is 4.79 Å². The number of nitriles is 1. The Kier molecular flexibility index (Phi) is 8.19. The van der Waals surface area contributed by atoms with Crippen LogP contribution in [0.15, 0.2) is 30.5 Å². The number of rotatable bonds is 7. The Morgan fingerprint density at radius 2 is 1.77 bits per heavy atom. The zero-order valence-electron chi connectivity index (χ0n) is 21.8. The van der Waals surface area contributed by atoms with Gasteiger partial charge in [-0.2, -0.15) is 5.26 Å². The molecule has 1 aliphatic rings. The summed E-state index contributed by atoms with van der Waals surface area (Å²) < 4.78 is 0. The van der Waals surface area contributed by atoms with Crippen LogP contribution in [0.1, 0.15) is 51.6 Å². The first kappa shape index (κ1) is 26.6. The third-order valence-corrected chi connectivity index (χ3v) is 6.27. The molecule has 1 aromatic heterocycles. The average molecular weight is 473 g/mol. The molecule has 2 aromatic rings. The van der Waals surface area contributed by atoms with Crippen LogP contribution in [0.5, 0.6) is 0 Å². The minimum absolute atomic E-state index is 0.00226. The molecule has 1 aromatic carbocycles. The van der Waals surface area contributed by atoms with Crippen LogP contribution in [-0.2, 0) is 16.8 Å². The molecule has 1 N–H and O–H groups in total. The fraction of sp³-hybridized carbons (Fsp3) is 0.538. The fourth-order valence-electron chi connectivity index (χ4n) is 3.98. The van der Waals surface area contributed by atoms with Gasteiger partial charge in [0.25, 0.3) is 0 Å². The normalized spacial score (nSPS) is 15.5. The van der Waals surface area contributed by atoms with Crippen LogP contribution >= 0.6 is 0 Å². The Labute approximate surface area is 210 Å². The molecule has 0 unspecified atom stereocenters. The molecule has 9 heteroatoms. The Morgan fingerprint density at radius 3 is 2.34 bits per heavy atom. The first-order chi connectivity index (χ1) is 16.4. The quantitative estimate of drug-likeness (QED) is 0.484. The van der Waals surface area contributed by atoms with Crippen LogP contribution in [-0.4, -0.2) is 73.3 Å². The molecule has 1 aliphatic heterocycles. The number of hydrazine groups is 1. The van der Waals surface area contributed by atoms with Crippen LogP contribution in [0.25, 0.3) is 0 Å². The van der Waals surface area contributed by atoms with Crippen molar-refractivity contribution in [3.05, 3.63) is 47.4 Å². The number of piperazine rings is 1. The fourth-order valence-corrected chi connectivity index (χ4v) is 3.98. The van der Waals surface area contributed by atoms with Gasteiger partial charge in [-0.15, -0.1) is 0 Å². The molecule has 1 saturated heterocycles. The SMILES string of the molecule is [B]c1cnc(C#N)nc1N(CC(C)(C)C)NC(=O)C(C)(C)c1ccc(CN2CCN(C)CC2)cc1. The van der Waals surface area contributed by atoms with E-state index >= 15 is 0 Å². The molecule has 1 amide bonds. The number of nitrogens with one attached hydrogen (secondary N) is 1. The molecule has 2 radical (unpaired) electrons. The predicted octanol–water partition coefficient (Wildman–Crippen LogP) is 1.75. The summed E-state index contributed by atoms with van der Waals surface area (Å²) in [4.78, 5) is 26.5. The van der Waals surface area contributed by atoms with Gasteiger partial charge in [0.15, 0.2) is 0 Å². The molecule has 0 saturated carbocycles. The molecule has 0 atom stereocenters. The lowest BCUT2D eigenvalue weighted by atomic mass is 9.83. The predicted molar refractivity (Wildman–Crippen MR) is 139 cm³/mol. The molecular weight excluding hydrogens is 437 g/mol. The van der Waals surface area contributed by atoms with Gasteiger partial charge in [0.2, 0.25) is 11.7 Å². The summed E-state index contributed by atoms with van der Waals surface area (Å²) in [5.41, 5.74) is 4.48. The second kappa shape index (κ2) is 10.8. The molecular formula is C26H36BN7O. The maximum absolute atomic E-state index is 13.5. The number of hydrogen-bond donors (Lipinski definition) is 1. The minimum Gasteiger partial charge on any atom is -0.304 e. The third-order valence-electron chi connectivity index (χ3n) is 6.27. The summed E-state index contributed by atoms with van der Waals surface area (Å²) in [7, 11) is 8.28. The van der Waals surface area contributed by atoms with Crippen molar-refractivity contribution >= 4 is 25.0 Å². The number of benzene rings is 1. The molecule has 3 rings (SSSR count). The maximum Gasteiger partial charge on any atom is 0.248 e. The van der Waals surface area contributed by atoms with Gasteiger partial charge < -0.3 is 4.90 Å². The Bertz CT molecular complexity index is 1060. The number of aromatic nitrogens is 2. The molecule has 1 fully saturated rings. The zero-order chi connectivity index (χ0) is 25.8. The number of carbonyl (C=O) groups excluding carboxylic acids is 1. The first-order valence-corrected chi connectivity index (χ1v) is 12.0.